The lowest BCUT2D eigenvalue weighted by Gasteiger charge is -2.51. The van der Waals surface area contributed by atoms with Crippen LogP contribution in [0.3, 0.4) is 0 Å². The third-order valence-electron chi connectivity index (χ3n) is 6.00. The largest absolute Gasteiger partial charge is 0.484 e. The van der Waals surface area contributed by atoms with E-state index < -0.39 is 23.4 Å². The van der Waals surface area contributed by atoms with Gasteiger partial charge < -0.3 is 20.5 Å². The Labute approximate surface area is 192 Å². The van der Waals surface area contributed by atoms with Crippen LogP contribution in [-0.2, 0) is 4.79 Å². The van der Waals surface area contributed by atoms with Crippen molar-refractivity contribution in [3.8, 4) is 5.75 Å². The molecule has 0 aliphatic heterocycles. The molecule has 1 heterocycles. The molecule has 0 unspecified atom stereocenters. The number of hydrogen-bond donors (Lipinski definition) is 3. The molecule has 3 N–H and O–H groups in total. The van der Waals surface area contributed by atoms with Gasteiger partial charge in [-0.1, -0.05) is 11.6 Å². The van der Waals surface area contributed by atoms with Crippen molar-refractivity contribution >= 4 is 34.8 Å². The molecule has 4 aliphatic carbocycles. The topological polar surface area (TPSA) is 101 Å². The number of carbonyl (C=O) groups excluding carboxylic acids is 2. The average Bonchev–Trinajstić information content (AvgIpc) is 3.46. The van der Waals surface area contributed by atoms with Crippen LogP contribution in [0, 0.1) is 5.82 Å². The predicted molar refractivity (Wildman–Crippen MR) is 116 cm³/mol. The van der Waals surface area contributed by atoms with Gasteiger partial charge in [0.25, 0.3) is 11.8 Å². The lowest BCUT2D eigenvalue weighted by atomic mass is 9.63. The van der Waals surface area contributed by atoms with Crippen LogP contribution < -0.4 is 15.4 Å². The van der Waals surface area contributed by atoms with Gasteiger partial charge in [0.05, 0.1) is 21.7 Å². The van der Waals surface area contributed by atoms with E-state index in [2.05, 4.69) is 15.6 Å². The summed E-state index contributed by atoms with van der Waals surface area (Å²) in [6, 6.07) is 3.92. The lowest BCUT2D eigenvalue weighted by molar-refractivity contribution is -0.123. The Kier molecular flexibility index (Phi) is 5.43. The van der Waals surface area contributed by atoms with Gasteiger partial charge in [0.15, 0.2) is 6.61 Å². The molecule has 0 radical (unpaired) electrons. The SMILES string of the molecule is O=C(COc1ccc(Cl)c(F)c1)NC1=C2CC(NC(=O)c3csc(C4CC4)n3)(C2)C[C@@H]1O. The minimum atomic E-state index is -0.901. The maximum Gasteiger partial charge on any atom is 0.271 e. The molecule has 0 spiro atoms. The van der Waals surface area contributed by atoms with E-state index in [1.54, 1.807) is 5.38 Å². The lowest BCUT2D eigenvalue weighted by Crippen LogP contribution is -2.61. The highest BCUT2D eigenvalue weighted by Gasteiger charge is 2.50. The fourth-order valence-corrected chi connectivity index (χ4v) is 5.32. The monoisotopic (exact) mass is 477 g/mol. The zero-order chi connectivity index (χ0) is 22.5. The summed E-state index contributed by atoms with van der Waals surface area (Å²) >= 11 is 7.15. The number of amides is 2. The number of nitrogens with one attached hydrogen (secondary N) is 2. The van der Waals surface area contributed by atoms with Crippen molar-refractivity contribution in [2.75, 3.05) is 6.61 Å². The predicted octanol–water partition coefficient (Wildman–Crippen LogP) is 3.29. The molecule has 1 aromatic heterocycles. The molecule has 10 heteroatoms. The van der Waals surface area contributed by atoms with Crippen molar-refractivity contribution in [1.29, 1.82) is 0 Å². The van der Waals surface area contributed by atoms with Crippen molar-refractivity contribution in [2.24, 2.45) is 0 Å². The number of aliphatic hydroxyl groups is 1. The van der Waals surface area contributed by atoms with Crippen LogP contribution in [0.4, 0.5) is 4.39 Å². The van der Waals surface area contributed by atoms with E-state index in [4.69, 9.17) is 16.3 Å². The number of hydrogen-bond acceptors (Lipinski definition) is 6. The van der Waals surface area contributed by atoms with E-state index in [0.29, 0.717) is 36.6 Å². The second-order valence-corrected chi connectivity index (χ2v) is 9.88. The molecule has 2 saturated carbocycles. The fourth-order valence-electron chi connectivity index (χ4n) is 4.24. The first-order valence-corrected chi connectivity index (χ1v) is 11.6. The maximum atomic E-state index is 13.5. The number of nitrogens with zero attached hydrogens (tertiary/aromatic N) is 1. The van der Waals surface area contributed by atoms with Crippen LogP contribution in [0.5, 0.6) is 5.75 Å². The standard InChI is InChI=1S/C22H21ClFN3O4S/c23-14-4-3-13(5-15(14)24)31-9-18(29)26-19-12-6-22(7-12,8-17(19)28)27-20(30)16-10-32-21(25-16)11-1-2-11/h3-5,10-11,17,28H,1-2,6-9H2,(H,26,29)(H,27,30)/t17-/m0/s1. The van der Waals surface area contributed by atoms with Crippen molar-refractivity contribution in [3.05, 3.63) is 56.4 Å². The molecular weight excluding hydrogens is 457 g/mol. The Morgan fingerprint density at radius 2 is 2.12 bits per heavy atom. The fraction of sp³-hybridized carbons (Fsp3) is 0.409. The van der Waals surface area contributed by atoms with Gasteiger partial charge in [-0.2, -0.15) is 0 Å². The van der Waals surface area contributed by atoms with E-state index in [9.17, 15) is 19.1 Å². The summed E-state index contributed by atoms with van der Waals surface area (Å²) in [6.07, 6.45) is 2.80. The van der Waals surface area contributed by atoms with Crippen molar-refractivity contribution in [1.82, 2.24) is 15.6 Å². The van der Waals surface area contributed by atoms with Crippen LogP contribution in [-0.4, -0.2) is 40.2 Å². The number of thiazole rings is 1. The summed E-state index contributed by atoms with van der Waals surface area (Å²) < 4.78 is 18.8. The Morgan fingerprint density at radius 3 is 2.81 bits per heavy atom. The summed E-state index contributed by atoms with van der Waals surface area (Å²) in [5, 5.41) is 19.1. The van der Waals surface area contributed by atoms with Crippen LogP contribution in [0.25, 0.3) is 0 Å². The van der Waals surface area contributed by atoms with E-state index in [0.717, 1.165) is 29.5 Å². The number of halogens is 2. The quantitative estimate of drug-likeness (QED) is 0.568. The zero-order valence-electron chi connectivity index (χ0n) is 17.0. The molecule has 7 nitrogen and oxygen atoms in total. The first kappa shape index (κ1) is 21.4. The summed E-state index contributed by atoms with van der Waals surface area (Å²) in [5.41, 5.74) is 1.27. The van der Waals surface area contributed by atoms with Crippen LogP contribution in [0.2, 0.25) is 5.02 Å². The van der Waals surface area contributed by atoms with Crippen molar-refractivity contribution in [3.63, 3.8) is 0 Å². The highest BCUT2D eigenvalue weighted by Crippen LogP contribution is 2.48. The number of fused-ring (bicyclic) bond motifs is 2. The van der Waals surface area contributed by atoms with E-state index in [1.165, 1.54) is 23.5 Å². The van der Waals surface area contributed by atoms with Gasteiger partial charge >= 0.3 is 0 Å². The first-order valence-electron chi connectivity index (χ1n) is 10.4. The van der Waals surface area contributed by atoms with Crippen molar-refractivity contribution in [2.45, 2.75) is 49.7 Å². The molecule has 2 fully saturated rings. The third-order valence-corrected chi connectivity index (χ3v) is 7.31. The van der Waals surface area contributed by atoms with Gasteiger partial charge in [-0.15, -0.1) is 11.3 Å². The zero-order valence-corrected chi connectivity index (χ0v) is 18.6. The summed E-state index contributed by atoms with van der Waals surface area (Å²) in [4.78, 5) is 29.4. The van der Waals surface area contributed by atoms with Gasteiger partial charge in [0.1, 0.15) is 17.3 Å². The number of ether oxygens (including phenoxy) is 1. The molecule has 0 saturated heterocycles. The maximum absolute atomic E-state index is 13.5. The second kappa shape index (κ2) is 8.13. The minimum Gasteiger partial charge on any atom is -0.484 e. The van der Waals surface area contributed by atoms with Gasteiger partial charge in [0.2, 0.25) is 0 Å². The van der Waals surface area contributed by atoms with E-state index in [-0.39, 0.29) is 23.3 Å². The van der Waals surface area contributed by atoms with Crippen LogP contribution >= 0.6 is 22.9 Å². The van der Waals surface area contributed by atoms with Crippen molar-refractivity contribution < 1.29 is 23.8 Å². The Balaban J connectivity index is 1.16. The minimum absolute atomic E-state index is 0.0298. The molecule has 2 bridgehead atoms. The molecule has 32 heavy (non-hydrogen) atoms. The molecule has 4 aliphatic rings. The molecular formula is C22H21ClFN3O4S. The number of benzene rings is 1. The number of carbonyl (C=O) groups is 2. The van der Waals surface area contributed by atoms with Crippen LogP contribution in [0.1, 0.15) is 53.5 Å². The Morgan fingerprint density at radius 1 is 1.34 bits per heavy atom. The number of rotatable bonds is 7. The van der Waals surface area contributed by atoms with Gasteiger partial charge in [-0.05, 0) is 43.4 Å². The molecule has 6 rings (SSSR count). The van der Waals surface area contributed by atoms with Gasteiger partial charge in [0, 0.05) is 29.5 Å². The Bertz CT molecular complexity index is 1120. The normalized spacial score (nSPS) is 24.0. The van der Waals surface area contributed by atoms with Gasteiger partial charge in [-0.3, -0.25) is 9.59 Å². The average molecular weight is 478 g/mol. The molecule has 2 amide bonds. The van der Waals surface area contributed by atoms with E-state index in [1.807, 2.05) is 0 Å². The first-order chi connectivity index (χ1) is 15.3. The van der Waals surface area contributed by atoms with Crippen LogP contribution in [0.15, 0.2) is 34.8 Å². The molecule has 1 atom stereocenters. The second-order valence-electron chi connectivity index (χ2n) is 8.58. The summed E-state index contributed by atoms with van der Waals surface area (Å²) in [6.45, 7) is -0.334. The molecule has 168 valence electrons. The molecule has 1 aromatic carbocycles. The highest BCUT2D eigenvalue weighted by atomic mass is 35.5. The van der Waals surface area contributed by atoms with E-state index >= 15 is 0 Å². The Hall–Kier alpha value is -2.49. The summed E-state index contributed by atoms with van der Waals surface area (Å²) in [5.74, 6) is -0.633. The smallest absolute Gasteiger partial charge is 0.271 e. The number of aromatic nitrogens is 1. The molecule has 2 aromatic rings. The summed E-state index contributed by atoms with van der Waals surface area (Å²) in [7, 11) is 0. The number of aliphatic hydroxyl groups excluding tert-OH is 1. The highest BCUT2D eigenvalue weighted by molar-refractivity contribution is 7.10. The third kappa shape index (κ3) is 4.24. The van der Waals surface area contributed by atoms with Gasteiger partial charge in [-0.25, -0.2) is 9.37 Å².